The summed E-state index contributed by atoms with van der Waals surface area (Å²) >= 11 is 1.82. The van der Waals surface area contributed by atoms with E-state index in [9.17, 15) is 0 Å². The third-order valence-electron chi connectivity index (χ3n) is 4.02. The van der Waals surface area contributed by atoms with Gasteiger partial charge < -0.3 is 4.57 Å². The van der Waals surface area contributed by atoms with Crippen molar-refractivity contribution < 1.29 is 0 Å². The monoisotopic (exact) mass is 304 g/mol. The highest BCUT2D eigenvalue weighted by molar-refractivity contribution is 7.96. The highest BCUT2D eigenvalue weighted by atomic mass is 32.2. The molecule has 1 saturated heterocycles. The second kappa shape index (κ2) is 7.09. The third kappa shape index (κ3) is 3.66. The van der Waals surface area contributed by atoms with Crippen LogP contribution in [0.1, 0.15) is 18.4 Å². The molecule has 0 aromatic carbocycles. The quantitative estimate of drug-likeness (QED) is 0.612. The molecule has 1 aliphatic heterocycles. The van der Waals surface area contributed by atoms with Crippen molar-refractivity contribution in [3.05, 3.63) is 27.7 Å². The van der Waals surface area contributed by atoms with E-state index < -0.39 is 0 Å². The zero-order valence-electron chi connectivity index (χ0n) is 13.2. The van der Waals surface area contributed by atoms with Crippen molar-refractivity contribution >= 4 is 31.4 Å². The Morgan fingerprint density at radius 1 is 1.38 bits per heavy atom. The van der Waals surface area contributed by atoms with Gasteiger partial charge in [0.05, 0.1) is 6.04 Å². The summed E-state index contributed by atoms with van der Waals surface area (Å²) in [4.78, 5) is 8.89. The van der Waals surface area contributed by atoms with E-state index in [0.717, 1.165) is 47.6 Å². The molecule has 1 aliphatic rings. The Balaban J connectivity index is 2.46. The van der Waals surface area contributed by atoms with Gasteiger partial charge in [-0.3, -0.25) is 14.3 Å². The lowest BCUT2D eigenvalue weighted by molar-refractivity contribution is 0.343. The molecule has 2 rings (SSSR count). The Kier molecular flexibility index (Phi) is 5.42. The molecular formula is C16H24N4S. The maximum atomic E-state index is 4.97. The second-order valence-electron chi connectivity index (χ2n) is 5.40. The van der Waals surface area contributed by atoms with Gasteiger partial charge in [-0.05, 0) is 44.4 Å². The SMILES string of the molecule is C=N/C=c1/cc(C)c(=C)n(C)/c1=N/C1CCN(SC)CC1. The topological polar surface area (TPSA) is 32.9 Å². The molecule has 0 atom stereocenters. The van der Waals surface area contributed by atoms with Crippen molar-refractivity contribution in [2.45, 2.75) is 25.8 Å². The van der Waals surface area contributed by atoms with Crippen LogP contribution in [0.3, 0.4) is 0 Å². The van der Waals surface area contributed by atoms with Crippen LogP contribution in [0, 0.1) is 6.92 Å². The molecular weight excluding hydrogens is 280 g/mol. The predicted octanol–water partition coefficient (Wildman–Crippen LogP) is 0.826. The van der Waals surface area contributed by atoms with Crippen molar-refractivity contribution in [3.8, 4) is 0 Å². The molecule has 4 nitrogen and oxygen atoms in total. The number of hydrogen-bond donors (Lipinski definition) is 0. The first-order valence-corrected chi connectivity index (χ1v) is 8.39. The second-order valence-corrected chi connectivity index (χ2v) is 6.28. The van der Waals surface area contributed by atoms with Crippen molar-refractivity contribution in [2.24, 2.45) is 17.0 Å². The minimum atomic E-state index is 0.374. The van der Waals surface area contributed by atoms with E-state index in [4.69, 9.17) is 4.99 Å². The summed E-state index contributed by atoms with van der Waals surface area (Å²) in [5.41, 5.74) is 2.10. The lowest BCUT2D eigenvalue weighted by Gasteiger charge is -2.27. The fraction of sp³-hybridized carbons (Fsp3) is 0.500. The highest BCUT2D eigenvalue weighted by Crippen LogP contribution is 2.17. The standard InChI is InChI=1S/C16H24N4S/c1-12-10-14(11-17-3)16(19(4)13(12)2)18-15-6-8-20(21-5)9-7-15/h10-11,15H,2-3,6-9H2,1,4-5H3/b14-11-,18-16+. The van der Waals surface area contributed by atoms with Crippen molar-refractivity contribution in [1.82, 2.24) is 8.87 Å². The van der Waals surface area contributed by atoms with Crippen LogP contribution in [0.2, 0.25) is 0 Å². The fourth-order valence-corrected chi connectivity index (χ4v) is 3.22. The molecule has 21 heavy (non-hydrogen) atoms. The van der Waals surface area contributed by atoms with Crippen LogP contribution in [-0.4, -0.2) is 41.0 Å². The Morgan fingerprint density at radius 3 is 2.62 bits per heavy atom. The maximum absolute atomic E-state index is 4.97. The molecule has 1 aromatic heterocycles. The summed E-state index contributed by atoms with van der Waals surface area (Å²) in [6.45, 7) is 12.0. The van der Waals surface area contributed by atoms with E-state index in [1.165, 1.54) is 0 Å². The summed E-state index contributed by atoms with van der Waals surface area (Å²) in [7, 11) is 2.02. The predicted molar refractivity (Wildman–Crippen MR) is 92.6 cm³/mol. The summed E-state index contributed by atoms with van der Waals surface area (Å²) in [6.07, 6.45) is 6.11. The fourth-order valence-electron chi connectivity index (χ4n) is 2.65. The number of hydrogen-bond acceptors (Lipinski definition) is 4. The van der Waals surface area contributed by atoms with Gasteiger partial charge in [0.2, 0.25) is 0 Å². The molecule has 0 bridgehead atoms. The number of aliphatic imine (C=N–C) groups is 1. The van der Waals surface area contributed by atoms with E-state index in [2.05, 4.69) is 46.4 Å². The van der Waals surface area contributed by atoms with Gasteiger partial charge in [-0.25, -0.2) is 0 Å². The van der Waals surface area contributed by atoms with E-state index in [1.807, 2.05) is 19.0 Å². The normalized spacial score (nSPS) is 19.2. The zero-order valence-corrected chi connectivity index (χ0v) is 14.0. The molecule has 2 heterocycles. The van der Waals surface area contributed by atoms with Crippen molar-refractivity contribution in [3.63, 3.8) is 0 Å². The van der Waals surface area contributed by atoms with Gasteiger partial charge >= 0.3 is 0 Å². The number of nitrogens with zero attached hydrogens (tertiary/aromatic N) is 4. The van der Waals surface area contributed by atoms with Crippen LogP contribution >= 0.6 is 11.9 Å². The minimum absolute atomic E-state index is 0.374. The highest BCUT2D eigenvalue weighted by Gasteiger charge is 2.17. The van der Waals surface area contributed by atoms with Crippen molar-refractivity contribution in [1.29, 1.82) is 0 Å². The van der Waals surface area contributed by atoms with Gasteiger partial charge in [0.15, 0.2) is 0 Å². The minimum Gasteiger partial charge on any atom is -0.330 e. The molecule has 0 radical (unpaired) electrons. The van der Waals surface area contributed by atoms with Crippen LogP contribution in [0.25, 0.3) is 12.8 Å². The van der Waals surface area contributed by atoms with Gasteiger partial charge in [0, 0.05) is 36.9 Å². The lowest BCUT2D eigenvalue weighted by Crippen LogP contribution is -2.44. The number of aryl methyl sites for hydroxylation is 1. The molecule has 0 unspecified atom stereocenters. The van der Waals surface area contributed by atoms with Crippen LogP contribution in [0.5, 0.6) is 0 Å². The molecule has 0 spiro atoms. The molecule has 114 valence electrons. The zero-order chi connectivity index (χ0) is 15.4. The molecule has 0 aliphatic carbocycles. The Hall–Kier alpha value is -1.33. The molecule has 5 heteroatoms. The maximum Gasteiger partial charge on any atom is 0.136 e. The number of piperidine rings is 1. The average molecular weight is 304 g/mol. The van der Waals surface area contributed by atoms with E-state index in [1.54, 1.807) is 6.20 Å². The van der Waals surface area contributed by atoms with Crippen molar-refractivity contribution in [2.75, 3.05) is 19.3 Å². The third-order valence-corrected chi connectivity index (χ3v) is 4.91. The Bertz CT molecular complexity index is 681. The number of rotatable bonds is 3. The van der Waals surface area contributed by atoms with Crippen LogP contribution in [0.15, 0.2) is 16.1 Å². The van der Waals surface area contributed by atoms with E-state index in [-0.39, 0.29) is 0 Å². The largest absolute Gasteiger partial charge is 0.330 e. The summed E-state index contributed by atoms with van der Waals surface area (Å²) in [6, 6.07) is 2.46. The summed E-state index contributed by atoms with van der Waals surface area (Å²) in [5.74, 6) is 0. The average Bonchev–Trinajstić information content (AvgIpc) is 2.50. The number of pyridine rings is 1. The molecule has 0 N–H and O–H groups in total. The first-order valence-electron chi connectivity index (χ1n) is 7.21. The lowest BCUT2D eigenvalue weighted by atomic mass is 10.1. The van der Waals surface area contributed by atoms with Gasteiger partial charge in [0.1, 0.15) is 5.49 Å². The van der Waals surface area contributed by atoms with E-state index >= 15 is 0 Å². The first-order chi connectivity index (χ1) is 10.1. The Morgan fingerprint density at radius 2 is 2.05 bits per heavy atom. The number of aromatic nitrogens is 1. The van der Waals surface area contributed by atoms with Crippen LogP contribution in [-0.2, 0) is 7.05 Å². The van der Waals surface area contributed by atoms with Gasteiger partial charge in [-0.15, -0.1) is 0 Å². The van der Waals surface area contributed by atoms with Crippen LogP contribution in [0.4, 0.5) is 0 Å². The Labute approximate surface area is 130 Å². The molecule has 0 saturated carbocycles. The summed E-state index contributed by atoms with van der Waals surface area (Å²) in [5, 5.41) is 2.02. The first kappa shape index (κ1) is 16.0. The molecule has 0 amide bonds. The van der Waals surface area contributed by atoms with Crippen LogP contribution < -0.4 is 16.1 Å². The smallest absolute Gasteiger partial charge is 0.136 e. The molecule has 1 fully saturated rings. The van der Waals surface area contributed by atoms with Gasteiger partial charge in [-0.1, -0.05) is 18.5 Å². The van der Waals surface area contributed by atoms with Gasteiger partial charge in [-0.2, -0.15) is 0 Å². The molecule has 1 aromatic rings. The van der Waals surface area contributed by atoms with Gasteiger partial charge in [0.25, 0.3) is 0 Å². The van der Waals surface area contributed by atoms with E-state index in [0.29, 0.717) is 6.04 Å². The summed E-state index contributed by atoms with van der Waals surface area (Å²) < 4.78 is 4.46.